The molecule has 0 aromatic rings. The molecule has 92 heavy (non-hydrogen) atoms. The number of rotatable bonds is 77. The summed E-state index contributed by atoms with van der Waals surface area (Å²) >= 11 is 0. The number of carbonyl (C=O) groups is 1. The predicted octanol–water partition coefficient (Wildman–Crippen LogP) is 24.4. The fourth-order valence-corrected chi connectivity index (χ4v) is 14.4. The van der Waals surface area contributed by atoms with Gasteiger partial charge in [-0.1, -0.05) is 450 Å². The fourth-order valence-electron chi connectivity index (χ4n) is 14.4. The van der Waals surface area contributed by atoms with Crippen LogP contribution in [0.1, 0.15) is 470 Å². The second-order valence-electron chi connectivity index (χ2n) is 30.0. The van der Waals surface area contributed by atoms with Crippen LogP contribution in [0.15, 0.2) is 0 Å². The van der Waals surface area contributed by atoms with E-state index in [0.717, 1.165) is 38.5 Å². The quantitative estimate of drug-likeness (QED) is 0.0330. The molecule has 0 spiro atoms. The second kappa shape index (κ2) is 72.9. The molecule has 0 aromatic carbocycles. The molecule has 9 nitrogen and oxygen atoms in total. The first-order valence-corrected chi connectivity index (χ1v) is 42.2. The summed E-state index contributed by atoms with van der Waals surface area (Å²) in [7, 11) is 0. The van der Waals surface area contributed by atoms with Crippen molar-refractivity contribution in [2.24, 2.45) is 0 Å². The molecule has 6 N–H and O–H groups in total. The number of hydrogen-bond donors (Lipinski definition) is 6. The summed E-state index contributed by atoms with van der Waals surface area (Å²) in [5, 5.41) is 55.1. The first-order chi connectivity index (χ1) is 45.3. The second-order valence-corrected chi connectivity index (χ2v) is 30.0. The number of nitrogens with one attached hydrogen (secondary N) is 1. The van der Waals surface area contributed by atoms with Crippen molar-refractivity contribution in [3.05, 3.63) is 0 Å². The highest BCUT2D eigenvalue weighted by Crippen LogP contribution is 2.25. The van der Waals surface area contributed by atoms with Crippen LogP contribution in [-0.4, -0.2) is 87.5 Å². The number of aliphatic hydroxyl groups excluding tert-OH is 5. The number of carbonyl (C=O) groups excluding carboxylic acids is 1. The van der Waals surface area contributed by atoms with Crippen LogP contribution >= 0.6 is 0 Å². The monoisotopic (exact) mass is 1300 g/mol. The van der Waals surface area contributed by atoms with Gasteiger partial charge in [0.15, 0.2) is 6.29 Å². The lowest BCUT2D eigenvalue weighted by atomic mass is 9.99. The Labute approximate surface area is 574 Å². The van der Waals surface area contributed by atoms with Gasteiger partial charge in [0.05, 0.1) is 25.4 Å². The zero-order valence-electron chi connectivity index (χ0n) is 62.1. The van der Waals surface area contributed by atoms with Crippen molar-refractivity contribution in [1.82, 2.24) is 5.32 Å². The van der Waals surface area contributed by atoms with Crippen LogP contribution in [-0.2, 0) is 14.3 Å². The highest BCUT2D eigenvalue weighted by atomic mass is 16.7. The highest BCUT2D eigenvalue weighted by Gasteiger charge is 2.44. The summed E-state index contributed by atoms with van der Waals surface area (Å²) in [5.74, 6) is -0.131. The van der Waals surface area contributed by atoms with Crippen LogP contribution in [0.3, 0.4) is 0 Å². The van der Waals surface area contributed by atoms with Crippen LogP contribution in [0.25, 0.3) is 0 Å². The van der Waals surface area contributed by atoms with E-state index in [-0.39, 0.29) is 12.5 Å². The van der Waals surface area contributed by atoms with Crippen LogP contribution in [0.2, 0.25) is 0 Å². The van der Waals surface area contributed by atoms with Crippen LogP contribution in [0, 0.1) is 0 Å². The lowest BCUT2D eigenvalue weighted by molar-refractivity contribution is -0.302. The standard InChI is InChI=1S/C83H165NO8/c1-3-5-7-9-11-13-15-17-19-21-23-25-27-29-31-33-34-35-36-37-38-39-40-41-42-43-45-47-49-51-53-55-57-59-61-63-65-67-69-71-73-79(87)84-76(75-91-83-82(90)81(89)80(88)78(74-85)92-83)77(86)72-70-68-66-64-62-60-58-56-54-52-50-48-46-44-32-30-28-26-24-22-20-18-16-14-12-10-8-6-4-2/h76-78,80-83,85-86,88-90H,3-75H2,1-2H3,(H,84,87). The molecule has 0 aromatic heterocycles. The molecular weight excluding hydrogens is 1140 g/mol. The topological polar surface area (TPSA) is 149 Å². The fraction of sp³-hybridized carbons (Fsp3) is 0.988. The molecule has 1 saturated heterocycles. The molecule has 0 aliphatic carbocycles. The lowest BCUT2D eigenvalue weighted by Crippen LogP contribution is -2.60. The Balaban J connectivity index is 2.00. The average molecular weight is 1310 g/mol. The predicted molar refractivity (Wildman–Crippen MR) is 397 cm³/mol. The number of aliphatic hydroxyl groups is 5. The summed E-state index contributed by atoms with van der Waals surface area (Å²) in [6.45, 7) is 3.93. The summed E-state index contributed by atoms with van der Waals surface area (Å²) in [6, 6.07) is -0.716. The minimum absolute atomic E-state index is 0.130. The third-order valence-corrected chi connectivity index (χ3v) is 21.0. The van der Waals surface area contributed by atoms with Gasteiger partial charge in [-0.25, -0.2) is 0 Å². The minimum atomic E-state index is -1.55. The molecule has 0 saturated carbocycles. The van der Waals surface area contributed by atoms with E-state index in [0.29, 0.717) is 12.8 Å². The van der Waals surface area contributed by atoms with E-state index in [9.17, 15) is 30.3 Å². The smallest absolute Gasteiger partial charge is 0.220 e. The lowest BCUT2D eigenvalue weighted by Gasteiger charge is -2.40. The molecule has 1 aliphatic heterocycles. The third kappa shape index (κ3) is 60.4. The van der Waals surface area contributed by atoms with Gasteiger partial charge in [0.1, 0.15) is 24.4 Å². The number of amides is 1. The van der Waals surface area contributed by atoms with Gasteiger partial charge < -0.3 is 40.3 Å². The molecule has 1 fully saturated rings. The summed E-state index contributed by atoms with van der Waals surface area (Å²) in [5.41, 5.74) is 0. The van der Waals surface area contributed by atoms with E-state index < -0.39 is 49.5 Å². The molecule has 1 aliphatic rings. The molecule has 550 valence electrons. The van der Waals surface area contributed by atoms with E-state index in [1.165, 1.54) is 405 Å². The largest absolute Gasteiger partial charge is 0.394 e. The molecule has 0 radical (unpaired) electrons. The summed E-state index contributed by atoms with van der Waals surface area (Å²) in [4.78, 5) is 13.2. The molecule has 1 rings (SSSR count). The van der Waals surface area contributed by atoms with Gasteiger partial charge in [0, 0.05) is 6.42 Å². The van der Waals surface area contributed by atoms with Crippen LogP contribution in [0.4, 0.5) is 0 Å². The van der Waals surface area contributed by atoms with Crippen molar-refractivity contribution in [1.29, 1.82) is 0 Å². The maximum atomic E-state index is 13.2. The Hall–Kier alpha value is -0.810. The third-order valence-electron chi connectivity index (χ3n) is 21.0. The van der Waals surface area contributed by atoms with Crippen molar-refractivity contribution in [3.8, 4) is 0 Å². The highest BCUT2D eigenvalue weighted by molar-refractivity contribution is 5.76. The Bertz CT molecular complexity index is 1420. The Morgan fingerprint density at radius 2 is 0.543 bits per heavy atom. The zero-order valence-corrected chi connectivity index (χ0v) is 62.1. The molecule has 9 heteroatoms. The van der Waals surface area contributed by atoms with E-state index in [2.05, 4.69) is 19.2 Å². The zero-order chi connectivity index (χ0) is 66.4. The Kier molecular flexibility index (Phi) is 70.7. The first-order valence-electron chi connectivity index (χ1n) is 42.2. The van der Waals surface area contributed by atoms with Crippen molar-refractivity contribution in [3.63, 3.8) is 0 Å². The maximum Gasteiger partial charge on any atom is 0.220 e. The Morgan fingerprint density at radius 3 is 0.772 bits per heavy atom. The van der Waals surface area contributed by atoms with Gasteiger partial charge in [0.25, 0.3) is 0 Å². The molecule has 1 amide bonds. The summed E-state index contributed by atoms with van der Waals surface area (Å²) < 4.78 is 11.4. The SMILES string of the molecule is CCCCCCCCCCCCCCCCCCCCCCCCCCCCCCCCCCCCCCCCCCC(=O)NC(COC1OC(CO)C(O)C(O)C1O)C(O)CCCCCCCCCCCCCCCCCCCCCCCCCCCCCCC. The van der Waals surface area contributed by atoms with Gasteiger partial charge >= 0.3 is 0 Å². The Morgan fingerprint density at radius 1 is 0.326 bits per heavy atom. The van der Waals surface area contributed by atoms with Gasteiger partial charge in [-0.3, -0.25) is 4.79 Å². The van der Waals surface area contributed by atoms with Crippen LogP contribution in [0.5, 0.6) is 0 Å². The normalized spacial score (nSPS) is 17.5. The van der Waals surface area contributed by atoms with Gasteiger partial charge in [-0.2, -0.15) is 0 Å². The first kappa shape index (κ1) is 89.2. The average Bonchev–Trinajstić information content (AvgIpc) is 1.00. The number of ether oxygens (including phenoxy) is 2. The number of hydrogen-bond acceptors (Lipinski definition) is 8. The van der Waals surface area contributed by atoms with E-state index >= 15 is 0 Å². The van der Waals surface area contributed by atoms with Crippen molar-refractivity contribution < 1.29 is 39.8 Å². The minimum Gasteiger partial charge on any atom is -0.394 e. The van der Waals surface area contributed by atoms with E-state index in [1.54, 1.807) is 0 Å². The van der Waals surface area contributed by atoms with Crippen molar-refractivity contribution >= 4 is 5.91 Å². The van der Waals surface area contributed by atoms with Crippen molar-refractivity contribution in [2.45, 2.75) is 513 Å². The number of unbranched alkanes of at least 4 members (excludes halogenated alkanes) is 67. The van der Waals surface area contributed by atoms with Gasteiger partial charge in [0.2, 0.25) is 5.91 Å². The molecule has 7 unspecified atom stereocenters. The van der Waals surface area contributed by atoms with Crippen LogP contribution < -0.4 is 5.32 Å². The molecule has 0 bridgehead atoms. The molecule has 7 atom stereocenters. The van der Waals surface area contributed by atoms with Gasteiger partial charge in [-0.05, 0) is 12.8 Å². The molecule has 1 heterocycles. The van der Waals surface area contributed by atoms with E-state index in [1.807, 2.05) is 0 Å². The maximum absolute atomic E-state index is 13.2. The van der Waals surface area contributed by atoms with Gasteiger partial charge in [-0.15, -0.1) is 0 Å². The van der Waals surface area contributed by atoms with E-state index in [4.69, 9.17) is 9.47 Å². The van der Waals surface area contributed by atoms with Crippen molar-refractivity contribution in [2.75, 3.05) is 13.2 Å². The molecular formula is C83H165NO8. The summed E-state index contributed by atoms with van der Waals surface area (Å²) in [6.07, 6.45) is 88.2.